The maximum Gasteiger partial charge on any atom is 0.326 e. The molecule has 20 heavy (non-hydrogen) atoms. The lowest BCUT2D eigenvalue weighted by atomic mass is 9.99. The standard InChI is InChI=1S/C13H16Cl2N2O3/c1-3-7(2)11(12(18)19)17-13(20)16-9-6-4-5-8(14)10(9)15/h4-7,11H,3H2,1-2H3,(H,18,19)(H2,16,17,20)/t7?,11-/m0/s1. The fourth-order valence-electron chi connectivity index (χ4n) is 1.58. The van der Waals surface area contributed by atoms with Crippen LogP contribution in [0.5, 0.6) is 0 Å². The Kier molecular flexibility index (Phi) is 6.10. The first-order valence-electron chi connectivity index (χ1n) is 6.11. The Hall–Kier alpha value is -1.46. The summed E-state index contributed by atoms with van der Waals surface area (Å²) in [6, 6.07) is 3.20. The van der Waals surface area contributed by atoms with Gasteiger partial charge in [0, 0.05) is 0 Å². The Morgan fingerprint density at radius 3 is 2.55 bits per heavy atom. The minimum atomic E-state index is -1.08. The van der Waals surface area contributed by atoms with Crippen molar-refractivity contribution in [3.05, 3.63) is 28.2 Å². The molecule has 0 bridgehead atoms. The number of benzene rings is 1. The highest BCUT2D eigenvalue weighted by atomic mass is 35.5. The Bertz CT molecular complexity index is 508. The number of hydrogen-bond donors (Lipinski definition) is 3. The second kappa shape index (κ2) is 7.36. The molecule has 1 aromatic rings. The zero-order chi connectivity index (χ0) is 15.3. The molecule has 110 valence electrons. The molecule has 0 spiro atoms. The molecule has 2 atom stereocenters. The molecule has 7 heteroatoms. The van der Waals surface area contributed by atoms with Crippen LogP contribution >= 0.6 is 23.2 Å². The fraction of sp³-hybridized carbons (Fsp3) is 0.385. The first-order chi connectivity index (χ1) is 9.36. The maximum atomic E-state index is 11.8. The molecule has 1 aromatic carbocycles. The Morgan fingerprint density at radius 2 is 2.00 bits per heavy atom. The topological polar surface area (TPSA) is 78.4 Å². The summed E-state index contributed by atoms with van der Waals surface area (Å²) in [5.74, 6) is -1.26. The summed E-state index contributed by atoms with van der Waals surface area (Å²) in [6.07, 6.45) is 0.634. The molecule has 0 aliphatic heterocycles. The number of carbonyl (C=O) groups excluding carboxylic acids is 1. The molecule has 2 amide bonds. The summed E-state index contributed by atoms with van der Waals surface area (Å²) in [5.41, 5.74) is 0.324. The van der Waals surface area contributed by atoms with Crippen LogP contribution in [0.4, 0.5) is 10.5 Å². The third-order valence-corrected chi connectivity index (χ3v) is 3.78. The second-order valence-corrected chi connectivity index (χ2v) is 5.19. The van der Waals surface area contributed by atoms with Crippen molar-refractivity contribution in [3.8, 4) is 0 Å². The molecule has 3 N–H and O–H groups in total. The number of halogens is 2. The lowest BCUT2D eigenvalue weighted by Gasteiger charge is -2.20. The fourth-order valence-corrected chi connectivity index (χ4v) is 1.93. The van der Waals surface area contributed by atoms with Gasteiger partial charge in [0.25, 0.3) is 0 Å². The van der Waals surface area contributed by atoms with Gasteiger partial charge >= 0.3 is 12.0 Å². The molecule has 0 radical (unpaired) electrons. The lowest BCUT2D eigenvalue weighted by Crippen LogP contribution is -2.46. The number of anilines is 1. The molecular formula is C13H16Cl2N2O3. The Balaban J connectivity index is 2.76. The van der Waals surface area contributed by atoms with Crippen LogP contribution in [0.15, 0.2) is 18.2 Å². The first-order valence-corrected chi connectivity index (χ1v) is 6.86. The van der Waals surface area contributed by atoms with Crippen LogP contribution in [0.1, 0.15) is 20.3 Å². The zero-order valence-electron chi connectivity index (χ0n) is 11.1. The summed E-state index contributed by atoms with van der Waals surface area (Å²) in [4.78, 5) is 22.9. The lowest BCUT2D eigenvalue weighted by molar-refractivity contribution is -0.140. The van der Waals surface area contributed by atoms with Crippen LogP contribution in [-0.4, -0.2) is 23.1 Å². The van der Waals surface area contributed by atoms with Crippen molar-refractivity contribution < 1.29 is 14.7 Å². The molecule has 0 aliphatic carbocycles. The van der Waals surface area contributed by atoms with E-state index >= 15 is 0 Å². The molecular weight excluding hydrogens is 303 g/mol. The van der Waals surface area contributed by atoms with Gasteiger partial charge in [-0.25, -0.2) is 9.59 Å². The minimum absolute atomic E-state index is 0.187. The van der Waals surface area contributed by atoms with Crippen LogP contribution in [0.3, 0.4) is 0 Å². The van der Waals surface area contributed by atoms with Crippen molar-refractivity contribution in [2.24, 2.45) is 5.92 Å². The highest BCUT2D eigenvalue weighted by molar-refractivity contribution is 6.43. The molecule has 1 rings (SSSR count). The van der Waals surface area contributed by atoms with Gasteiger partial charge in [-0.2, -0.15) is 0 Å². The van der Waals surface area contributed by atoms with Gasteiger partial charge in [0.05, 0.1) is 15.7 Å². The predicted molar refractivity (Wildman–Crippen MR) is 79.5 cm³/mol. The van der Waals surface area contributed by atoms with Gasteiger partial charge < -0.3 is 15.7 Å². The third-order valence-electron chi connectivity index (χ3n) is 2.97. The largest absolute Gasteiger partial charge is 0.480 e. The van der Waals surface area contributed by atoms with Crippen LogP contribution in [-0.2, 0) is 4.79 Å². The quantitative estimate of drug-likeness (QED) is 0.775. The van der Waals surface area contributed by atoms with E-state index in [2.05, 4.69) is 10.6 Å². The van der Waals surface area contributed by atoms with E-state index in [0.717, 1.165) is 0 Å². The maximum absolute atomic E-state index is 11.8. The van der Waals surface area contributed by atoms with Crippen molar-refractivity contribution in [2.45, 2.75) is 26.3 Å². The molecule has 0 aromatic heterocycles. The van der Waals surface area contributed by atoms with Crippen molar-refractivity contribution >= 4 is 40.9 Å². The van der Waals surface area contributed by atoms with Crippen molar-refractivity contribution in [1.82, 2.24) is 5.32 Å². The minimum Gasteiger partial charge on any atom is -0.480 e. The van der Waals surface area contributed by atoms with Gasteiger partial charge in [-0.15, -0.1) is 0 Å². The second-order valence-electron chi connectivity index (χ2n) is 4.40. The van der Waals surface area contributed by atoms with Crippen molar-refractivity contribution in [2.75, 3.05) is 5.32 Å². The summed E-state index contributed by atoms with van der Waals surface area (Å²) < 4.78 is 0. The van der Waals surface area contributed by atoms with Gasteiger partial charge in [0.1, 0.15) is 6.04 Å². The molecule has 0 saturated carbocycles. The predicted octanol–water partition coefficient (Wildman–Crippen LogP) is 3.61. The number of amides is 2. The number of carboxylic acids is 1. The van der Waals surface area contributed by atoms with Crippen molar-refractivity contribution in [1.29, 1.82) is 0 Å². The van der Waals surface area contributed by atoms with E-state index in [1.807, 2.05) is 6.92 Å². The van der Waals surface area contributed by atoms with Gasteiger partial charge in [-0.3, -0.25) is 0 Å². The van der Waals surface area contributed by atoms with Gasteiger partial charge in [-0.1, -0.05) is 49.5 Å². The van der Waals surface area contributed by atoms with Gasteiger partial charge in [0.15, 0.2) is 0 Å². The van der Waals surface area contributed by atoms with E-state index in [0.29, 0.717) is 17.1 Å². The van der Waals surface area contributed by atoms with Gasteiger partial charge in [0.2, 0.25) is 0 Å². The molecule has 0 aliphatic rings. The van der Waals surface area contributed by atoms with E-state index in [1.54, 1.807) is 25.1 Å². The first kappa shape index (κ1) is 16.6. The SMILES string of the molecule is CCC(C)[C@H](NC(=O)Nc1cccc(Cl)c1Cl)C(=O)O. The molecule has 0 heterocycles. The number of nitrogens with one attached hydrogen (secondary N) is 2. The van der Waals surface area contributed by atoms with Crippen LogP contribution in [0.25, 0.3) is 0 Å². The average Bonchev–Trinajstić information content (AvgIpc) is 2.40. The summed E-state index contributed by atoms with van der Waals surface area (Å²) in [5, 5.41) is 14.5. The smallest absolute Gasteiger partial charge is 0.326 e. The normalized spacial score (nSPS) is 13.4. The van der Waals surface area contributed by atoms with E-state index in [9.17, 15) is 9.59 Å². The summed E-state index contributed by atoms with van der Waals surface area (Å²) in [7, 11) is 0. The van der Waals surface area contributed by atoms with E-state index in [-0.39, 0.29) is 10.9 Å². The third kappa shape index (κ3) is 4.28. The van der Waals surface area contributed by atoms with E-state index in [4.69, 9.17) is 28.3 Å². The average molecular weight is 319 g/mol. The number of carboxylic acid groups (broad SMARTS) is 1. The van der Waals surface area contributed by atoms with Crippen molar-refractivity contribution in [3.63, 3.8) is 0 Å². The van der Waals surface area contributed by atoms with E-state index in [1.165, 1.54) is 0 Å². The number of rotatable bonds is 5. The molecule has 1 unspecified atom stereocenters. The number of aliphatic carboxylic acids is 1. The van der Waals surface area contributed by atoms with Crippen LogP contribution in [0.2, 0.25) is 10.0 Å². The number of carbonyl (C=O) groups is 2. The Morgan fingerprint density at radius 1 is 1.35 bits per heavy atom. The van der Waals surface area contributed by atoms with E-state index < -0.39 is 18.0 Å². The molecule has 0 saturated heterocycles. The van der Waals surface area contributed by atoms with Crippen LogP contribution in [0, 0.1) is 5.92 Å². The molecule has 5 nitrogen and oxygen atoms in total. The van der Waals surface area contributed by atoms with Crippen LogP contribution < -0.4 is 10.6 Å². The highest BCUT2D eigenvalue weighted by Gasteiger charge is 2.25. The van der Waals surface area contributed by atoms with Gasteiger partial charge in [-0.05, 0) is 18.1 Å². The monoisotopic (exact) mass is 318 g/mol. The highest BCUT2D eigenvalue weighted by Crippen LogP contribution is 2.29. The number of urea groups is 1. The zero-order valence-corrected chi connectivity index (χ0v) is 12.6. The molecule has 0 fully saturated rings. The summed E-state index contributed by atoms with van der Waals surface area (Å²) >= 11 is 11.8. The Labute approximate surface area is 127 Å². The number of hydrogen-bond acceptors (Lipinski definition) is 2. The summed E-state index contributed by atoms with van der Waals surface area (Å²) in [6.45, 7) is 3.61.